The lowest BCUT2D eigenvalue weighted by Crippen LogP contribution is -2.13. The number of pyridine rings is 1. The molecule has 134 valence electrons. The molecule has 0 unspecified atom stereocenters. The molecule has 0 radical (unpaired) electrons. The highest BCUT2D eigenvalue weighted by atomic mass is 19.4. The van der Waals surface area contributed by atoms with Crippen LogP contribution in [-0.2, 0) is 6.18 Å². The maximum atomic E-state index is 12.7. The second-order valence-electron chi connectivity index (χ2n) is 5.41. The van der Waals surface area contributed by atoms with E-state index in [0.29, 0.717) is 11.4 Å². The molecule has 1 aromatic carbocycles. The van der Waals surface area contributed by atoms with Gasteiger partial charge in [-0.1, -0.05) is 11.2 Å². The first-order chi connectivity index (χ1) is 12.3. The fraction of sp³-hybridized carbons (Fsp3) is 0.118. The van der Waals surface area contributed by atoms with Crippen LogP contribution in [0.15, 0.2) is 53.2 Å². The minimum atomic E-state index is -4.42. The van der Waals surface area contributed by atoms with E-state index < -0.39 is 17.6 Å². The summed E-state index contributed by atoms with van der Waals surface area (Å²) in [6.07, 6.45) is -3.07. The number of rotatable bonds is 4. The quantitative estimate of drug-likeness (QED) is 0.719. The van der Waals surface area contributed by atoms with Crippen LogP contribution in [0.4, 0.5) is 30.4 Å². The van der Waals surface area contributed by atoms with Crippen molar-refractivity contribution in [1.82, 2.24) is 10.1 Å². The van der Waals surface area contributed by atoms with Crippen LogP contribution in [0.1, 0.15) is 21.8 Å². The molecule has 3 aromatic rings. The van der Waals surface area contributed by atoms with Crippen LogP contribution >= 0.6 is 0 Å². The monoisotopic (exact) mass is 362 g/mol. The summed E-state index contributed by atoms with van der Waals surface area (Å²) in [7, 11) is 0. The highest BCUT2D eigenvalue weighted by molar-refractivity contribution is 6.02. The van der Waals surface area contributed by atoms with E-state index in [0.717, 1.165) is 12.1 Å². The van der Waals surface area contributed by atoms with Crippen molar-refractivity contribution in [3.05, 3.63) is 65.7 Å². The minimum absolute atomic E-state index is 0.125. The summed E-state index contributed by atoms with van der Waals surface area (Å²) < 4.78 is 43.0. The normalized spacial score (nSPS) is 11.2. The van der Waals surface area contributed by atoms with Gasteiger partial charge in [-0.15, -0.1) is 0 Å². The Bertz CT molecular complexity index is 920. The van der Waals surface area contributed by atoms with Gasteiger partial charge in [-0.25, -0.2) is 4.98 Å². The number of aromatic nitrogens is 2. The molecule has 0 saturated carbocycles. The van der Waals surface area contributed by atoms with Crippen molar-refractivity contribution in [3.63, 3.8) is 0 Å². The van der Waals surface area contributed by atoms with Crippen molar-refractivity contribution in [2.75, 3.05) is 10.6 Å². The van der Waals surface area contributed by atoms with Crippen LogP contribution in [-0.4, -0.2) is 16.0 Å². The molecule has 0 spiro atoms. The summed E-state index contributed by atoms with van der Waals surface area (Å²) in [6, 6.07) is 9.33. The van der Waals surface area contributed by atoms with E-state index in [9.17, 15) is 18.0 Å². The van der Waals surface area contributed by atoms with E-state index in [4.69, 9.17) is 4.52 Å². The van der Waals surface area contributed by atoms with Gasteiger partial charge < -0.3 is 15.2 Å². The highest BCUT2D eigenvalue weighted by Gasteiger charge is 2.30. The molecule has 2 aromatic heterocycles. The second-order valence-corrected chi connectivity index (χ2v) is 5.41. The Morgan fingerprint density at radius 3 is 2.54 bits per heavy atom. The largest absolute Gasteiger partial charge is 0.416 e. The average Bonchev–Trinajstić information content (AvgIpc) is 3.00. The molecular weight excluding hydrogens is 349 g/mol. The molecule has 2 N–H and O–H groups in total. The maximum absolute atomic E-state index is 12.7. The molecule has 0 aliphatic heterocycles. The van der Waals surface area contributed by atoms with Gasteiger partial charge in [-0.2, -0.15) is 13.2 Å². The van der Waals surface area contributed by atoms with Crippen LogP contribution < -0.4 is 10.6 Å². The summed E-state index contributed by atoms with van der Waals surface area (Å²) in [5, 5.41) is 8.98. The van der Waals surface area contributed by atoms with Crippen molar-refractivity contribution >= 4 is 23.1 Å². The van der Waals surface area contributed by atoms with E-state index in [1.54, 1.807) is 13.0 Å². The third kappa shape index (κ3) is 4.18. The zero-order chi connectivity index (χ0) is 18.7. The van der Waals surface area contributed by atoms with Crippen molar-refractivity contribution in [2.45, 2.75) is 13.1 Å². The molecule has 1 amide bonds. The molecule has 0 fully saturated rings. The number of aryl methyl sites for hydroxylation is 1. The fourth-order valence-corrected chi connectivity index (χ4v) is 2.15. The SMILES string of the molecule is Cc1cc(NC(=O)c2ccc(Nc3cccc(C(F)(F)F)c3)cn2)no1. The highest BCUT2D eigenvalue weighted by Crippen LogP contribution is 2.31. The maximum Gasteiger partial charge on any atom is 0.416 e. The average molecular weight is 362 g/mol. The second kappa shape index (κ2) is 6.87. The van der Waals surface area contributed by atoms with Gasteiger partial charge in [0.15, 0.2) is 5.82 Å². The lowest BCUT2D eigenvalue weighted by Gasteiger charge is -2.10. The summed E-state index contributed by atoms with van der Waals surface area (Å²) >= 11 is 0. The first-order valence-electron chi connectivity index (χ1n) is 7.46. The number of anilines is 3. The molecular formula is C17H13F3N4O2. The van der Waals surface area contributed by atoms with Crippen molar-refractivity contribution in [2.24, 2.45) is 0 Å². The predicted octanol–water partition coefficient (Wildman–Crippen LogP) is 4.39. The number of nitrogens with zero attached hydrogens (tertiary/aromatic N) is 2. The third-order valence-corrected chi connectivity index (χ3v) is 3.34. The topological polar surface area (TPSA) is 80.0 Å². The van der Waals surface area contributed by atoms with E-state index in [-0.39, 0.29) is 17.2 Å². The number of halogens is 3. The Balaban J connectivity index is 1.69. The first kappa shape index (κ1) is 17.5. The van der Waals surface area contributed by atoms with Crippen LogP contribution in [0, 0.1) is 6.92 Å². The van der Waals surface area contributed by atoms with Crippen LogP contribution in [0.3, 0.4) is 0 Å². The number of carbonyl (C=O) groups excluding carboxylic acids is 1. The number of hydrogen-bond donors (Lipinski definition) is 2. The molecule has 0 atom stereocenters. The summed E-state index contributed by atoms with van der Waals surface area (Å²) in [5.41, 5.74) is 0.0738. The van der Waals surface area contributed by atoms with Crippen LogP contribution in [0.2, 0.25) is 0 Å². The predicted molar refractivity (Wildman–Crippen MR) is 88.2 cm³/mol. The van der Waals surface area contributed by atoms with Crippen molar-refractivity contribution in [3.8, 4) is 0 Å². The fourth-order valence-electron chi connectivity index (χ4n) is 2.15. The van der Waals surface area contributed by atoms with Gasteiger partial charge in [0.1, 0.15) is 11.5 Å². The minimum Gasteiger partial charge on any atom is -0.360 e. The molecule has 2 heterocycles. The summed E-state index contributed by atoms with van der Waals surface area (Å²) in [4.78, 5) is 16.0. The Morgan fingerprint density at radius 2 is 1.92 bits per heavy atom. The number of alkyl halides is 3. The van der Waals surface area contributed by atoms with Gasteiger partial charge in [-0.05, 0) is 37.3 Å². The smallest absolute Gasteiger partial charge is 0.360 e. The summed E-state index contributed by atoms with van der Waals surface area (Å²) in [5.74, 6) is 0.332. The van der Waals surface area contributed by atoms with Crippen molar-refractivity contribution < 1.29 is 22.5 Å². The standard InChI is InChI=1S/C17H13F3N4O2/c1-10-7-15(24-26-10)23-16(25)14-6-5-13(9-21-14)22-12-4-2-3-11(8-12)17(18,19)20/h2-9,22H,1H3,(H,23,24,25). The summed E-state index contributed by atoms with van der Waals surface area (Å²) in [6.45, 7) is 1.69. The van der Waals surface area contributed by atoms with Crippen LogP contribution in [0.5, 0.6) is 0 Å². The lowest BCUT2D eigenvalue weighted by molar-refractivity contribution is -0.137. The van der Waals surface area contributed by atoms with Crippen molar-refractivity contribution in [1.29, 1.82) is 0 Å². The van der Waals surface area contributed by atoms with Gasteiger partial charge in [-0.3, -0.25) is 4.79 Å². The number of nitrogens with one attached hydrogen (secondary N) is 2. The number of carbonyl (C=O) groups is 1. The Hall–Kier alpha value is -3.36. The lowest BCUT2D eigenvalue weighted by atomic mass is 10.2. The third-order valence-electron chi connectivity index (χ3n) is 3.34. The number of amides is 1. The van der Waals surface area contributed by atoms with Crippen LogP contribution in [0.25, 0.3) is 0 Å². The Labute approximate surface area is 146 Å². The molecule has 0 bridgehead atoms. The zero-order valence-electron chi connectivity index (χ0n) is 13.5. The molecule has 26 heavy (non-hydrogen) atoms. The van der Waals surface area contributed by atoms with Gasteiger partial charge in [0.25, 0.3) is 5.91 Å². The molecule has 0 aliphatic rings. The molecule has 3 rings (SSSR count). The van der Waals surface area contributed by atoms with Gasteiger partial charge in [0.2, 0.25) is 0 Å². The number of benzene rings is 1. The molecule has 6 nitrogen and oxygen atoms in total. The van der Waals surface area contributed by atoms with E-state index >= 15 is 0 Å². The Kier molecular flexibility index (Phi) is 4.61. The molecule has 0 aliphatic carbocycles. The number of hydrogen-bond acceptors (Lipinski definition) is 5. The molecule has 9 heteroatoms. The Morgan fingerprint density at radius 1 is 1.12 bits per heavy atom. The van der Waals surface area contributed by atoms with Gasteiger partial charge >= 0.3 is 6.18 Å². The van der Waals surface area contributed by atoms with E-state index in [2.05, 4.69) is 20.8 Å². The van der Waals surface area contributed by atoms with Gasteiger partial charge in [0, 0.05) is 11.8 Å². The van der Waals surface area contributed by atoms with E-state index in [1.165, 1.54) is 30.5 Å². The molecule has 0 saturated heterocycles. The first-order valence-corrected chi connectivity index (χ1v) is 7.46. The van der Waals surface area contributed by atoms with Gasteiger partial charge in [0.05, 0.1) is 17.4 Å². The van der Waals surface area contributed by atoms with E-state index in [1.807, 2.05) is 0 Å². The zero-order valence-corrected chi connectivity index (χ0v) is 13.5.